The minimum Gasteiger partial charge on any atom is -0.303 e. The van der Waals surface area contributed by atoms with Crippen LogP contribution in [0, 0.1) is 5.82 Å². The Morgan fingerprint density at radius 1 is 1.11 bits per heavy atom. The second kappa shape index (κ2) is 6.63. The van der Waals surface area contributed by atoms with Gasteiger partial charge in [-0.3, -0.25) is 9.69 Å². The summed E-state index contributed by atoms with van der Waals surface area (Å²) in [4.78, 5) is 18.5. The van der Waals surface area contributed by atoms with Crippen molar-refractivity contribution in [1.29, 1.82) is 0 Å². The molecule has 0 saturated carbocycles. The fraction of sp³-hybridized carbons (Fsp3) is 0.375. The quantitative estimate of drug-likeness (QED) is 0.792. The highest BCUT2D eigenvalue weighted by atomic mass is 19.4. The first-order valence-corrected chi connectivity index (χ1v) is 7.72. The van der Waals surface area contributed by atoms with E-state index in [4.69, 9.17) is 0 Å². The molecule has 1 aromatic heterocycles. The molecule has 11 heteroatoms. The van der Waals surface area contributed by atoms with Gasteiger partial charge in [-0.15, -0.1) is 0 Å². The van der Waals surface area contributed by atoms with E-state index in [1.807, 2.05) is 0 Å². The van der Waals surface area contributed by atoms with Crippen LogP contribution in [0.15, 0.2) is 23.0 Å². The Morgan fingerprint density at radius 2 is 1.81 bits per heavy atom. The van der Waals surface area contributed by atoms with Crippen LogP contribution in [0.4, 0.5) is 30.7 Å². The lowest BCUT2D eigenvalue weighted by molar-refractivity contribution is -0.145. The predicted octanol–water partition coefficient (Wildman–Crippen LogP) is 3.50. The second-order valence-corrected chi connectivity index (χ2v) is 6.10. The van der Waals surface area contributed by atoms with Crippen molar-refractivity contribution in [2.24, 2.45) is 0 Å². The smallest absolute Gasteiger partial charge is 0.303 e. The second-order valence-electron chi connectivity index (χ2n) is 6.10. The number of alkyl halides is 6. The van der Waals surface area contributed by atoms with Crippen molar-refractivity contribution in [2.75, 3.05) is 6.54 Å². The zero-order valence-corrected chi connectivity index (χ0v) is 13.5. The van der Waals surface area contributed by atoms with E-state index in [9.17, 15) is 35.5 Å². The number of halogens is 7. The lowest BCUT2D eigenvalue weighted by Gasteiger charge is -2.28. The van der Waals surface area contributed by atoms with Crippen molar-refractivity contribution in [3.8, 4) is 0 Å². The van der Waals surface area contributed by atoms with Crippen molar-refractivity contribution >= 4 is 0 Å². The van der Waals surface area contributed by atoms with Crippen LogP contribution >= 0.6 is 0 Å². The average Bonchev–Trinajstić information content (AvgIpc) is 2.55. The minimum atomic E-state index is -4.80. The summed E-state index contributed by atoms with van der Waals surface area (Å²) in [6.45, 7) is -0.252. The van der Waals surface area contributed by atoms with Crippen LogP contribution in [0.1, 0.15) is 28.2 Å². The Bertz CT molecular complexity index is 918. The molecule has 2 aromatic rings. The Morgan fingerprint density at radius 3 is 2.44 bits per heavy atom. The molecule has 0 bridgehead atoms. The van der Waals surface area contributed by atoms with Gasteiger partial charge in [0.25, 0.3) is 5.56 Å². The van der Waals surface area contributed by atoms with E-state index < -0.39 is 35.1 Å². The zero-order valence-electron chi connectivity index (χ0n) is 13.5. The van der Waals surface area contributed by atoms with Gasteiger partial charge in [0.15, 0.2) is 0 Å². The van der Waals surface area contributed by atoms with Crippen LogP contribution in [-0.2, 0) is 31.9 Å². The van der Waals surface area contributed by atoms with E-state index >= 15 is 0 Å². The third kappa shape index (κ3) is 4.12. The minimum absolute atomic E-state index is 0.0110. The molecule has 1 aliphatic heterocycles. The lowest BCUT2D eigenvalue weighted by Crippen LogP contribution is -2.36. The van der Waals surface area contributed by atoms with Gasteiger partial charge in [0, 0.05) is 31.6 Å². The van der Waals surface area contributed by atoms with Crippen molar-refractivity contribution in [3.63, 3.8) is 0 Å². The van der Waals surface area contributed by atoms with E-state index in [-0.39, 0.29) is 42.9 Å². The summed E-state index contributed by atoms with van der Waals surface area (Å²) >= 11 is 0. The molecule has 0 amide bonds. The van der Waals surface area contributed by atoms with Crippen molar-refractivity contribution in [1.82, 2.24) is 14.9 Å². The number of hydrogen-bond donors (Lipinski definition) is 1. The predicted molar refractivity (Wildman–Crippen MR) is 79.1 cm³/mol. The number of aromatic nitrogens is 2. The summed E-state index contributed by atoms with van der Waals surface area (Å²) in [6, 6.07) is 2.01. The van der Waals surface area contributed by atoms with Gasteiger partial charge in [-0.05, 0) is 18.2 Å². The number of nitrogens with zero attached hydrogens (tertiary/aromatic N) is 2. The van der Waals surface area contributed by atoms with E-state index in [1.54, 1.807) is 4.98 Å². The summed E-state index contributed by atoms with van der Waals surface area (Å²) in [5.41, 5.74) is -2.23. The van der Waals surface area contributed by atoms with E-state index in [1.165, 1.54) is 4.90 Å². The fourth-order valence-corrected chi connectivity index (χ4v) is 2.86. The maximum Gasteiger partial charge on any atom is 0.449 e. The first-order chi connectivity index (χ1) is 12.4. The fourth-order valence-electron chi connectivity index (χ4n) is 2.86. The Labute approximate surface area is 147 Å². The third-order valence-electron chi connectivity index (χ3n) is 4.18. The summed E-state index contributed by atoms with van der Waals surface area (Å²) in [5, 5.41) is 0. The molecule has 1 N–H and O–H groups in total. The monoisotopic (exact) mass is 395 g/mol. The summed E-state index contributed by atoms with van der Waals surface area (Å²) in [6.07, 6.45) is -9.44. The zero-order chi connectivity index (χ0) is 20.0. The molecule has 0 radical (unpaired) electrons. The maximum atomic E-state index is 13.9. The summed E-state index contributed by atoms with van der Waals surface area (Å²) < 4.78 is 90.3. The normalized spacial score (nSPS) is 15.7. The molecule has 0 atom stereocenters. The standard InChI is InChI=1S/C16H12F7N3O/c17-11-2-1-9(15(18,19)20)5-8(11)6-26-4-3-12-10(7-26)13(27)25-14(24-12)16(21,22)23/h1-2,5H,3-4,6-7H2,(H,24,25,27). The van der Waals surface area contributed by atoms with Crippen molar-refractivity contribution < 1.29 is 30.7 Å². The molecule has 0 saturated heterocycles. The number of H-pyrrole nitrogens is 1. The number of aromatic amines is 1. The summed E-state index contributed by atoms with van der Waals surface area (Å²) in [7, 11) is 0. The third-order valence-corrected chi connectivity index (χ3v) is 4.18. The molecular weight excluding hydrogens is 383 g/mol. The molecule has 0 aliphatic carbocycles. The molecule has 0 spiro atoms. The number of rotatable bonds is 2. The van der Waals surface area contributed by atoms with Crippen LogP contribution in [0.25, 0.3) is 0 Å². The number of fused-ring (bicyclic) bond motifs is 1. The van der Waals surface area contributed by atoms with Crippen LogP contribution in [0.3, 0.4) is 0 Å². The van der Waals surface area contributed by atoms with Crippen molar-refractivity contribution in [3.05, 3.63) is 62.6 Å². The molecular formula is C16H12F7N3O. The number of hydrogen-bond acceptors (Lipinski definition) is 3. The largest absolute Gasteiger partial charge is 0.449 e. The lowest BCUT2D eigenvalue weighted by atomic mass is 10.0. The van der Waals surface area contributed by atoms with Crippen LogP contribution in [0.5, 0.6) is 0 Å². The van der Waals surface area contributed by atoms with Crippen LogP contribution in [0.2, 0.25) is 0 Å². The SMILES string of the molecule is O=c1[nH]c(C(F)(F)F)nc2c1CN(Cc1cc(C(F)(F)F)ccc1F)CC2. The van der Waals surface area contributed by atoms with Gasteiger partial charge >= 0.3 is 12.4 Å². The number of nitrogens with one attached hydrogen (secondary N) is 1. The molecule has 0 fully saturated rings. The van der Waals surface area contributed by atoms with Gasteiger partial charge in [0.2, 0.25) is 5.82 Å². The first-order valence-electron chi connectivity index (χ1n) is 7.72. The van der Waals surface area contributed by atoms with E-state index in [2.05, 4.69) is 4.98 Å². The molecule has 1 aliphatic rings. The topological polar surface area (TPSA) is 49.0 Å². The Balaban J connectivity index is 1.85. The van der Waals surface area contributed by atoms with Gasteiger partial charge in [0.1, 0.15) is 5.82 Å². The molecule has 3 rings (SSSR count). The Kier molecular flexibility index (Phi) is 4.74. The highest BCUT2D eigenvalue weighted by Gasteiger charge is 2.36. The van der Waals surface area contributed by atoms with E-state index in [0.717, 1.165) is 0 Å². The first kappa shape index (κ1) is 19.3. The molecule has 0 unspecified atom stereocenters. The van der Waals surface area contributed by atoms with E-state index in [0.29, 0.717) is 18.2 Å². The number of benzene rings is 1. The maximum absolute atomic E-state index is 13.9. The van der Waals surface area contributed by atoms with Gasteiger partial charge < -0.3 is 4.98 Å². The molecule has 2 heterocycles. The van der Waals surface area contributed by atoms with Gasteiger partial charge in [-0.2, -0.15) is 26.3 Å². The Hall–Kier alpha value is -2.43. The van der Waals surface area contributed by atoms with Crippen LogP contribution < -0.4 is 5.56 Å². The van der Waals surface area contributed by atoms with Crippen molar-refractivity contribution in [2.45, 2.75) is 31.9 Å². The average molecular weight is 395 g/mol. The van der Waals surface area contributed by atoms with Gasteiger partial charge in [-0.1, -0.05) is 0 Å². The highest BCUT2D eigenvalue weighted by molar-refractivity contribution is 5.28. The van der Waals surface area contributed by atoms with Gasteiger partial charge in [-0.25, -0.2) is 9.37 Å². The van der Waals surface area contributed by atoms with Gasteiger partial charge in [0.05, 0.1) is 16.8 Å². The molecule has 27 heavy (non-hydrogen) atoms. The summed E-state index contributed by atoms with van der Waals surface area (Å²) in [5.74, 6) is -2.24. The highest BCUT2D eigenvalue weighted by Crippen LogP contribution is 2.31. The molecule has 146 valence electrons. The molecule has 1 aromatic carbocycles. The molecule has 4 nitrogen and oxygen atoms in total. The van der Waals surface area contributed by atoms with Crippen LogP contribution in [-0.4, -0.2) is 21.4 Å².